The van der Waals surface area contributed by atoms with E-state index in [1.54, 1.807) is 6.92 Å². The summed E-state index contributed by atoms with van der Waals surface area (Å²) in [7, 11) is 0. The molecule has 3 nitrogen and oxygen atoms in total. The second-order valence-corrected chi connectivity index (χ2v) is 4.21. The zero-order valence-corrected chi connectivity index (χ0v) is 11.5. The number of esters is 1. The van der Waals surface area contributed by atoms with Crippen LogP contribution in [0.3, 0.4) is 0 Å². The monoisotopic (exact) mass is 248 g/mol. The second-order valence-electron chi connectivity index (χ2n) is 4.21. The zero-order valence-electron chi connectivity index (χ0n) is 11.5. The number of ketones is 1. The minimum absolute atomic E-state index is 0.222. The Kier molecular flexibility index (Phi) is 5.08. The Labute approximate surface area is 108 Å². The molecule has 0 aliphatic heterocycles. The Balaban J connectivity index is 3.28. The van der Waals surface area contributed by atoms with Crippen LogP contribution in [0.2, 0.25) is 0 Å². The molecule has 0 spiro atoms. The molecule has 0 unspecified atom stereocenters. The normalized spacial score (nSPS) is 10.2. The SMILES string of the molecule is CCOC(=O)C(=O)c1c(CC)cc(C)cc1CC. The summed E-state index contributed by atoms with van der Waals surface area (Å²) in [6.45, 7) is 7.88. The van der Waals surface area contributed by atoms with E-state index in [1.165, 1.54) is 0 Å². The van der Waals surface area contributed by atoms with E-state index in [1.807, 2.05) is 32.9 Å². The summed E-state index contributed by atoms with van der Waals surface area (Å²) in [5, 5.41) is 0. The molecule has 3 heteroatoms. The van der Waals surface area contributed by atoms with Gasteiger partial charge in [-0.15, -0.1) is 0 Å². The minimum atomic E-state index is -0.759. The number of Topliss-reactive ketones (excluding diaryl/α,β-unsaturated/α-hetero) is 1. The van der Waals surface area contributed by atoms with Crippen molar-refractivity contribution in [3.05, 3.63) is 34.4 Å². The second kappa shape index (κ2) is 6.34. The molecule has 0 saturated heterocycles. The van der Waals surface area contributed by atoms with Crippen LogP contribution in [-0.4, -0.2) is 18.4 Å². The van der Waals surface area contributed by atoms with E-state index in [0.29, 0.717) is 5.56 Å². The molecule has 0 saturated carbocycles. The van der Waals surface area contributed by atoms with Crippen LogP contribution in [0.1, 0.15) is 47.8 Å². The van der Waals surface area contributed by atoms with Crippen molar-refractivity contribution in [3.63, 3.8) is 0 Å². The number of hydrogen-bond acceptors (Lipinski definition) is 3. The lowest BCUT2D eigenvalue weighted by Crippen LogP contribution is -2.21. The Hall–Kier alpha value is -1.64. The fourth-order valence-corrected chi connectivity index (χ4v) is 2.09. The number of ether oxygens (including phenoxy) is 1. The molecule has 0 aliphatic rings. The van der Waals surface area contributed by atoms with Gasteiger partial charge in [0.25, 0.3) is 5.78 Å². The first kappa shape index (κ1) is 14.4. The van der Waals surface area contributed by atoms with Crippen LogP contribution in [0.5, 0.6) is 0 Å². The third-order valence-corrected chi connectivity index (χ3v) is 2.90. The first-order chi connectivity index (χ1) is 8.54. The van der Waals surface area contributed by atoms with Crippen LogP contribution >= 0.6 is 0 Å². The van der Waals surface area contributed by atoms with Gasteiger partial charge in [-0.3, -0.25) is 4.79 Å². The van der Waals surface area contributed by atoms with Gasteiger partial charge in [0.15, 0.2) is 0 Å². The Morgan fingerprint density at radius 1 is 1.06 bits per heavy atom. The summed E-state index contributed by atoms with van der Waals surface area (Å²) < 4.78 is 4.80. The van der Waals surface area contributed by atoms with Crippen LogP contribution in [0.4, 0.5) is 0 Å². The van der Waals surface area contributed by atoms with Crippen molar-refractivity contribution in [2.24, 2.45) is 0 Å². The Bertz CT molecular complexity index is 436. The molecule has 1 aromatic rings. The van der Waals surface area contributed by atoms with Gasteiger partial charge in [-0.1, -0.05) is 31.5 Å². The maximum atomic E-state index is 12.1. The third-order valence-electron chi connectivity index (χ3n) is 2.90. The van der Waals surface area contributed by atoms with Gasteiger partial charge in [-0.25, -0.2) is 4.79 Å². The van der Waals surface area contributed by atoms with Crippen molar-refractivity contribution in [1.82, 2.24) is 0 Å². The van der Waals surface area contributed by atoms with Crippen LogP contribution in [-0.2, 0) is 22.4 Å². The smallest absolute Gasteiger partial charge is 0.379 e. The lowest BCUT2D eigenvalue weighted by Gasteiger charge is -2.13. The zero-order chi connectivity index (χ0) is 13.7. The number of benzene rings is 1. The van der Waals surface area contributed by atoms with Crippen molar-refractivity contribution in [2.45, 2.75) is 40.5 Å². The number of carbonyl (C=O) groups is 2. The topological polar surface area (TPSA) is 43.4 Å². The van der Waals surface area contributed by atoms with Crippen LogP contribution in [0.15, 0.2) is 12.1 Å². The highest BCUT2D eigenvalue weighted by molar-refractivity contribution is 6.41. The summed E-state index contributed by atoms with van der Waals surface area (Å²) >= 11 is 0. The van der Waals surface area contributed by atoms with Crippen molar-refractivity contribution in [2.75, 3.05) is 6.61 Å². The number of rotatable bonds is 5. The first-order valence-electron chi connectivity index (χ1n) is 6.38. The van der Waals surface area contributed by atoms with Gasteiger partial charge in [-0.05, 0) is 37.8 Å². The highest BCUT2D eigenvalue weighted by atomic mass is 16.5. The summed E-state index contributed by atoms with van der Waals surface area (Å²) in [6.07, 6.45) is 1.46. The predicted octanol–water partition coefficient (Wildman–Crippen LogP) is 2.87. The van der Waals surface area contributed by atoms with Gasteiger partial charge >= 0.3 is 5.97 Å². The Morgan fingerprint density at radius 3 is 1.94 bits per heavy atom. The quantitative estimate of drug-likeness (QED) is 0.457. The van der Waals surface area contributed by atoms with E-state index >= 15 is 0 Å². The minimum Gasteiger partial charge on any atom is -0.460 e. The van der Waals surface area contributed by atoms with Crippen molar-refractivity contribution >= 4 is 11.8 Å². The third kappa shape index (κ3) is 2.97. The van der Waals surface area contributed by atoms with E-state index < -0.39 is 11.8 Å². The van der Waals surface area contributed by atoms with Gasteiger partial charge in [0.05, 0.1) is 6.61 Å². The molecule has 1 rings (SSSR count). The fourth-order valence-electron chi connectivity index (χ4n) is 2.09. The van der Waals surface area contributed by atoms with E-state index in [0.717, 1.165) is 29.5 Å². The predicted molar refractivity (Wildman–Crippen MR) is 70.9 cm³/mol. The lowest BCUT2D eigenvalue weighted by molar-refractivity contribution is -0.137. The van der Waals surface area contributed by atoms with Crippen LogP contribution in [0.25, 0.3) is 0 Å². The molecular formula is C15H20O3. The Morgan fingerprint density at radius 2 is 1.56 bits per heavy atom. The summed E-state index contributed by atoms with van der Waals surface area (Å²) in [6, 6.07) is 3.93. The number of aryl methyl sites for hydroxylation is 3. The van der Waals surface area contributed by atoms with Crippen LogP contribution in [0, 0.1) is 6.92 Å². The number of hydrogen-bond donors (Lipinski definition) is 0. The molecule has 0 fully saturated rings. The molecule has 0 amide bonds. The molecule has 98 valence electrons. The van der Waals surface area contributed by atoms with E-state index in [2.05, 4.69) is 0 Å². The maximum absolute atomic E-state index is 12.1. The largest absolute Gasteiger partial charge is 0.460 e. The highest BCUT2D eigenvalue weighted by Crippen LogP contribution is 2.20. The molecule has 0 aromatic heterocycles. The van der Waals surface area contributed by atoms with Gasteiger partial charge in [-0.2, -0.15) is 0 Å². The van der Waals surface area contributed by atoms with Gasteiger partial charge in [0.1, 0.15) is 0 Å². The molecule has 0 radical (unpaired) electrons. The number of carbonyl (C=O) groups excluding carboxylic acids is 2. The molecule has 0 heterocycles. The van der Waals surface area contributed by atoms with Gasteiger partial charge in [0, 0.05) is 5.56 Å². The lowest BCUT2D eigenvalue weighted by atomic mass is 9.92. The average Bonchev–Trinajstić information content (AvgIpc) is 2.36. The fraction of sp³-hybridized carbons (Fsp3) is 0.467. The molecule has 0 atom stereocenters. The molecular weight excluding hydrogens is 228 g/mol. The summed E-state index contributed by atoms with van der Waals surface area (Å²) in [5.74, 6) is -1.28. The first-order valence-corrected chi connectivity index (χ1v) is 6.38. The standard InChI is InChI=1S/C15H20O3/c1-5-11-8-10(4)9-12(6-2)13(11)14(16)15(17)18-7-3/h8-9H,5-7H2,1-4H3. The van der Waals surface area contributed by atoms with E-state index in [9.17, 15) is 9.59 Å². The molecule has 0 aliphatic carbocycles. The van der Waals surface area contributed by atoms with Gasteiger partial charge in [0.2, 0.25) is 0 Å². The maximum Gasteiger partial charge on any atom is 0.379 e. The molecule has 18 heavy (non-hydrogen) atoms. The van der Waals surface area contributed by atoms with Crippen molar-refractivity contribution in [1.29, 1.82) is 0 Å². The van der Waals surface area contributed by atoms with Crippen molar-refractivity contribution in [3.8, 4) is 0 Å². The van der Waals surface area contributed by atoms with Gasteiger partial charge < -0.3 is 4.74 Å². The van der Waals surface area contributed by atoms with Crippen LogP contribution < -0.4 is 0 Å². The highest BCUT2D eigenvalue weighted by Gasteiger charge is 2.23. The van der Waals surface area contributed by atoms with E-state index in [4.69, 9.17) is 4.74 Å². The molecule has 1 aromatic carbocycles. The molecule has 0 N–H and O–H groups in total. The average molecular weight is 248 g/mol. The molecule has 0 bridgehead atoms. The summed E-state index contributed by atoms with van der Waals surface area (Å²) in [4.78, 5) is 23.7. The summed E-state index contributed by atoms with van der Waals surface area (Å²) in [5.41, 5.74) is 3.49. The van der Waals surface area contributed by atoms with E-state index in [-0.39, 0.29) is 6.61 Å². The van der Waals surface area contributed by atoms with Crippen molar-refractivity contribution < 1.29 is 14.3 Å².